The molecule has 0 radical (unpaired) electrons. The Labute approximate surface area is 136 Å². The lowest BCUT2D eigenvalue weighted by Gasteiger charge is -2.20. The van der Waals surface area contributed by atoms with Crippen molar-refractivity contribution in [3.63, 3.8) is 0 Å². The molecule has 0 bridgehead atoms. The second-order valence-corrected chi connectivity index (χ2v) is 5.28. The van der Waals surface area contributed by atoms with Crippen molar-refractivity contribution in [1.29, 1.82) is 0 Å². The highest BCUT2D eigenvalue weighted by molar-refractivity contribution is 5.75. The molecule has 0 saturated heterocycles. The van der Waals surface area contributed by atoms with Gasteiger partial charge in [-0.25, -0.2) is 4.79 Å². The summed E-state index contributed by atoms with van der Waals surface area (Å²) in [6.45, 7) is 2.15. The van der Waals surface area contributed by atoms with Gasteiger partial charge in [-0.15, -0.1) is 0 Å². The first-order chi connectivity index (χ1) is 10.9. The number of methoxy groups -OCH3 is 2. The molecule has 0 aliphatic heterocycles. The Bertz CT molecular complexity index is 547. The number of urea groups is 1. The molecule has 1 aromatic carbocycles. The maximum atomic E-state index is 11.9. The van der Waals surface area contributed by atoms with Gasteiger partial charge in [0, 0.05) is 26.2 Å². The van der Waals surface area contributed by atoms with Gasteiger partial charge in [0.2, 0.25) is 0 Å². The van der Waals surface area contributed by atoms with Gasteiger partial charge in [0.15, 0.2) is 0 Å². The van der Waals surface area contributed by atoms with Gasteiger partial charge in [-0.2, -0.15) is 0 Å². The zero-order valence-corrected chi connectivity index (χ0v) is 14.0. The first kappa shape index (κ1) is 18.6. The van der Waals surface area contributed by atoms with Crippen molar-refractivity contribution >= 4 is 12.0 Å². The van der Waals surface area contributed by atoms with Crippen molar-refractivity contribution in [3.8, 4) is 11.5 Å². The van der Waals surface area contributed by atoms with Gasteiger partial charge in [-0.1, -0.05) is 13.0 Å². The zero-order valence-electron chi connectivity index (χ0n) is 14.0. The number of carboxylic acids is 1. The molecule has 2 amide bonds. The number of nitrogens with one attached hydrogen (secondary N) is 1. The van der Waals surface area contributed by atoms with E-state index >= 15 is 0 Å². The largest absolute Gasteiger partial charge is 0.497 e. The van der Waals surface area contributed by atoms with Crippen LogP contribution in [0.3, 0.4) is 0 Å². The lowest BCUT2D eigenvalue weighted by Crippen LogP contribution is -2.41. The number of benzene rings is 1. The minimum Gasteiger partial charge on any atom is -0.497 e. The second-order valence-electron chi connectivity index (χ2n) is 5.28. The summed E-state index contributed by atoms with van der Waals surface area (Å²) in [5.41, 5.74) is 0.954. The SMILES string of the molecule is COc1ccc(CCNC(=O)N(C)CC(C)C(=O)O)c(OC)c1. The average Bonchev–Trinajstić information content (AvgIpc) is 2.54. The molecule has 2 N–H and O–H groups in total. The molecule has 1 rings (SSSR count). The van der Waals surface area contributed by atoms with Crippen molar-refractivity contribution in [1.82, 2.24) is 10.2 Å². The van der Waals surface area contributed by atoms with Gasteiger partial charge in [0.05, 0.1) is 20.1 Å². The minimum absolute atomic E-state index is 0.160. The fourth-order valence-corrected chi connectivity index (χ4v) is 2.07. The molecule has 0 aliphatic carbocycles. The van der Waals surface area contributed by atoms with E-state index in [2.05, 4.69) is 5.32 Å². The van der Waals surface area contributed by atoms with Crippen molar-refractivity contribution in [2.75, 3.05) is 34.4 Å². The van der Waals surface area contributed by atoms with Gasteiger partial charge >= 0.3 is 12.0 Å². The molecule has 128 valence electrons. The van der Waals surface area contributed by atoms with Crippen LogP contribution in [-0.4, -0.2) is 56.4 Å². The van der Waals surface area contributed by atoms with E-state index in [1.807, 2.05) is 12.1 Å². The molecule has 1 unspecified atom stereocenters. The fraction of sp³-hybridized carbons (Fsp3) is 0.500. The molecule has 23 heavy (non-hydrogen) atoms. The first-order valence-corrected chi connectivity index (χ1v) is 7.31. The normalized spacial score (nSPS) is 11.5. The Hall–Kier alpha value is -2.44. The molecular formula is C16H24N2O5. The summed E-state index contributed by atoms with van der Waals surface area (Å²) in [4.78, 5) is 24.1. The third-order valence-corrected chi connectivity index (χ3v) is 3.48. The maximum absolute atomic E-state index is 11.9. The number of amides is 2. The molecule has 0 fully saturated rings. The van der Waals surface area contributed by atoms with E-state index in [-0.39, 0.29) is 12.6 Å². The summed E-state index contributed by atoms with van der Waals surface area (Å²) < 4.78 is 10.4. The quantitative estimate of drug-likeness (QED) is 0.758. The Morgan fingerprint density at radius 1 is 1.30 bits per heavy atom. The third-order valence-electron chi connectivity index (χ3n) is 3.48. The summed E-state index contributed by atoms with van der Waals surface area (Å²) >= 11 is 0. The van der Waals surface area contributed by atoms with Crippen molar-refractivity contribution in [2.24, 2.45) is 5.92 Å². The van der Waals surface area contributed by atoms with Crippen LogP contribution in [0.5, 0.6) is 11.5 Å². The summed E-state index contributed by atoms with van der Waals surface area (Å²) in [6, 6.07) is 5.21. The van der Waals surface area contributed by atoms with Crippen LogP contribution in [0.15, 0.2) is 18.2 Å². The summed E-state index contributed by atoms with van der Waals surface area (Å²) in [5.74, 6) is -0.122. The van der Waals surface area contributed by atoms with E-state index < -0.39 is 11.9 Å². The predicted molar refractivity (Wildman–Crippen MR) is 86.1 cm³/mol. The topological polar surface area (TPSA) is 88.1 Å². The maximum Gasteiger partial charge on any atom is 0.317 e. The summed E-state index contributed by atoms with van der Waals surface area (Å²) in [5, 5.41) is 11.6. The van der Waals surface area contributed by atoms with E-state index in [1.54, 1.807) is 34.3 Å². The number of hydrogen-bond donors (Lipinski definition) is 2. The van der Waals surface area contributed by atoms with Crippen molar-refractivity contribution in [2.45, 2.75) is 13.3 Å². The van der Waals surface area contributed by atoms with Crippen LogP contribution in [0.2, 0.25) is 0 Å². The molecule has 0 spiro atoms. The van der Waals surface area contributed by atoms with Crippen LogP contribution in [0.4, 0.5) is 4.79 Å². The highest BCUT2D eigenvalue weighted by Crippen LogP contribution is 2.24. The van der Waals surface area contributed by atoms with Gasteiger partial charge in [-0.05, 0) is 18.1 Å². The Morgan fingerprint density at radius 3 is 2.57 bits per heavy atom. The first-order valence-electron chi connectivity index (χ1n) is 7.31. The molecule has 7 heteroatoms. The van der Waals surface area contributed by atoms with Crippen LogP contribution in [-0.2, 0) is 11.2 Å². The summed E-state index contributed by atoms with van der Waals surface area (Å²) in [6.07, 6.45) is 0.598. The molecule has 0 aliphatic rings. The van der Waals surface area contributed by atoms with Gasteiger partial charge in [0.1, 0.15) is 11.5 Å². The standard InChI is InChI=1S/C16H24N2O5/c1-11(15(19)20)10-18(2)16(21)17-8-7-12-5-6-13(22-3)9-14(12)23-4/h5-6,9,11H,7-8,10H2,1-4H3,(H,17,21)(H,19,20). The smallest absolute Gasteiger partial charge is 0.317 e. The molecular weight excluding hydrogens is 300 g/mol. The number of ether oxygens (including phenoxy) is 2. The molecule has 0 heterocycles. The van der Waals surface area contributed by atoms with E-state index in [1.165, 1.54) is 4.90 Å². The zero-order chi connectivity index (χ0) is 17.4. The average molecular weight is 324 g/mol. The molecule has 0 aromatic heterocycles. The Balaban J connectivity index is 2.50. The fourth-order valence-electron chi connectivity index (χ4n) is 2.07. The van der Waals surface area contributed by atoms with Crippen LogP contribution in [0.1, 0.15) is 12.5 Å². The number of nitrogens with zero attached hydrogens (tertiary/aromatic N) is 1. The number of aliphatic carboxylic acids is 1. The van der Waals surface area contributed by atoms with Crippen LogP contribution in [0.25, 0.3) is 0 Å². The van der Waals surface area contributed by atoms with Crippen molar-refractivity contribution < 1.29 is 24.2 Å². The second kappa shape index (κ2) is 8.87. The van der Waals surface area contributed by atoms with Crippen molar-refractivity contribution in [3.05, 3.63) is 23.8 Å². The van der Waals surface area contributed by atoms with Crippen LogP contribution in [0, 0.1) is 5.92 Å². The van der Waals surface area contributed by atoms with Gasteiger partial charge < -0.3 is 24.8 Å². The Kier molecular flexibility index (Phi) is 7.18. The van der Waals surface area contributed by atoms with E-state index in [0.29, 0.717) is 24.5 Å². The highest BCUT2D eigenvalue weighted by atomic mass is 16.5. The predicted octanol–water partition coefficient (Wildman–Crippen LogP) is 1.61. The molecule has 0 saturated carbocycles. The minimum atomic E-state index is -0.924. The summed E-state index contributed by atoms with van der Waals surface area (Å²) in [7, 11) is 4.74. The van der Waals surface area contributed by atoms with E-state index in [4.69, 9.17) is 14.6 Å². The number of hydrogen-bond acceptors (Lipinski definition) is 4. The monoisotopic (exact) mass is 324 g/mol. The van der Waals surface area contributed by atoms with Gasteiger partial charge in [0.25, 0.3) is 0 Å². The number of carbonyl (C=O) groups excluding carboxylic acids is 1. The highest BCUT2D eigenvalue weighted by Gasteiger charge is 2.17. The number of carboxylic acid groups (broad SMARTS) is 1. The van der Waals surface area contributed by atoms with E-state index in [0.717, 1.165) is 5.56 Å². The Morgan fingerprint density at radius 2 is 2.00 bits per heavy atom. The lowest BCUT2D eigenvalue weighted by molar-refractivity contribution is -0.141. The van der Waals surface area contributed by atoms with Gasteiger partial charge in [-0.3, -0.25) is 4.79 Å². The number of carbonyl (C=O) groups is 2. The number of rotatable bonds is 8. The van der Waals surface area contributed by atoms with E-state index in [9.17, 15) is 9.59 Å². The molecule has 1 aromatic rings. The van der Waals surface area contributed by atoms with Crippen LogP contribution >= 0.6 is 0 Å². The molecule has 1 atom stereocenters. The lowest BCUT2D eigenvalue weighted by atomic mass is 10.1. The third kappa shape index (κ3) is 5.69. The van der Waals surface area contributed by atoms with Crippen LogP contribution < -0.4 is 14.8 Å². The molecule has 7 nitrogen and oxygen atoms in total.